The van der Waals surface area contributed by atoms with Crippen molar-refractivity contribution >= 4 is 23.2 Å². The average Bonchev–Trinajstić information content (AvgIpc) is 3.07. The molecule has 1 unspecified atom stereocenters. The molecule has 8 heteroatoms. The van der Waals surface area contributed by atoms with Crippen LogP contribution in [0.15, 0.2) is 36.4 Å². The molecule has 1 aliphatic heterocycles. The van der Waals surface area contributed by atoms with Crippen LogP contribution in [0.25, 0.3) is 0 Å². The van der Waals surface area contributed by atoms with Crippen LogP contribution in [0.5, 0.6) is 5.75 Å². The Balaban J connectivity index is 1.62. The largest absolute Gasteiger partial charge is 0.495 e. The summed E-state index contributed by atoms with van der Waals surface area (Å²) in [6.45, 7) is 6.33. The summed E-state index contributed by atoms with van der Waals surface area (Å²) in [5.41, 5.74) is 2.82. The number of piperazine rings is 1. The third kappa shape index (κ3) is 4.95. The molecule has 0 saturated carbocycles. The molecule has 158 valence electrons. The Hall–Kier alpha value is -2.98. The number of aryl methyl sites for hydroxylation is 1. The van der Waals surface area contributed by atoms with Crippen molar-refractivity contribution in [2.45, 2.75) is 32.9 Å². The highest BCUT2D eigenvalue weighted by molar-refractivity contribution is 6.32. The number of nitrogens with zero attached hydrogens (tertiary/aromatic N) is 5. The van der Waals surface area contributed by atoms with Gasteiger partial charge in [-0.1, -0.05) is 17.7 Å². The highest BCUT2D eigenvalue weighted by Crippen LogP contribution is 2.30. The number of hydrogen-bond donors (Lipinski definition) is 0. The van der Waals surface area contributed by atoms with E-state index in [4.69, 9.17) is 21.6 Å². The van der Waals surface area contributed by atoms with Crippen molar-refractivity contribution in [2.24, 2.45) is 0 Å². The first kappa shape index (κ1) is 21.7. The molecule has 0 spiro atoms. The first-order valence-electron chi connectivity index (χ1n) is 9.88. The number of ether oxygens (including phenoxy) is 1. The predicted octanol–water partition coefficient (Wildman–Crippen LogP) is 3.21. The Morgan fingerprint density at radius 3 is 2.90 bits per heavy atom. The number of allylic oxidation sites excluding steroid dienone is 2. The molecule has 1 aliphatic rings. The summed E-state index contributed by atoms with van der Waals surface area (Å²) in [6, 6.07) is 9.73. The zero-order valence-electron chi connectivity index (χ0n) is 17.5. The Morgan fingerprint density at radius 2 is 2.20 bits per heavy atom. The molecule has 1 atom stereocenters. The quantitative estimate of drug-likeness (QED) is 0.662. The minimum absolute atomic E-state index is 0.0566. The maximum absolute atomic E-state index is 12.9. The van der Waals surface area contributed by atoms with E-state index in [0.29, 0.717) is 23.7 Å². The molecule has 2 heterocycles. The minimum Gasteiger partial charge on any atom is -0.495 e. The number of aromatic nitrogens is 2. The van der Waals surface area contributed by atoms with Gasteiger partial charge in [0.05, 0.1) is 23.9 Å². The number of amides is 1. The molecule has 1 aromatic carbocycles. The lowest BCUT2D eigenvalue weighted by atomic mass is 10.1. The first-order chi connectivity index (χ1) is 14.4. The van der Waals surface area contributed by atoms with E-state index in [1.807, 2.05) is 42.2 Å². The van der Waals surface area contributed by atoms with Crippen LogP contribution in [0.3, 0.4) is 0 Å². The van der Waals surface area contributed by atoms with Gasteiger partial charge in [-0.25, -0.2) is 0 Å². The van der Waals surface area contributed by atoms with E-state index in [-0.39, 0.29) is 18.5 Å². The van der Waals surface area contributed by atoms with E-state index in [9.17, 15) is 4.79 Å². The van der Waals surface area contributed by atoms with Gasteiger partial charge in [0.15, 0.2) is 0 Å². The number of rotatable bonds is 6. The monoisotopic (exact) mass is 427 g/mol. The van der Waals surface area contributed by atoms with Crippen molar-refractivity contribution in [3.8, 4) is 11.8 Å². The van der Waals surface area contributed by atoms with Crippen LogP contribution in [0.4, 0.5) is 5.69 Å². The van der Waals surface area contributed by atoms with Gasteiger partial charge >= 0.3 is 0 Å². The standard InChI is InChI=1S/C22H26ClN5O2/c1-16-12-18(6-4-5-9-24)25-28(16)15-22(29)27-11-10-26(14-17(27)2)19-7-8-20(23)21(13-19)30-3/h4-5,7-8,12-13,17H,6,10-11,14-15H2,1-3H3/b5-4+. The van der Waals surface area contributed by atoms with Gasteiger partial charge in [0.1, 0.15) is 12.3 Å². The zero-order valence-corrected chi connectivity index (χ0v) is 18.3. The second-order valence-corrected chi connectivity index (χ2v) is 7.78. The van der Waals surface area contributed by atoms with Crippen molar-refractivity contribution in [1.82, 2.24) is 14.7 Å². The fourth-order valence-electron chi connectivity index (χ4n) is 3.70. The van der Waals surface area contributed by atoms with Gasteiger partial charge in [0, 0.05) is 55.6 Å². The third-order valence-corrected chi connectivity index (χ3v) is 5.60. The summed E-state index contributed by atoms with van der Waals surface area (Å²) in [4.78, 5) is 17.1. The van der Waals surface area contributed by atoms with Gasteiger partial charge in [-0.3, -0.25) is 9.48 Å². The number of anilines is 1. The van der Waals surface area contributed by atoms with Crippen LogP contribution in [-0.4, -0.2) is 53.4 Å². The molecule has 0 aliphatic carbocycles. The Kier molecular flexibility index (Phi) is 7.01. The van der Waals surface area contributed by atoms with E-state index < -0.39 is 0 Å². The van der Waals surface area contributed by atoms with Crippen LogP contribution < -0.4 is 9.64 Å². The topological polar surface area (TPSA) is 74.4 Å². The Morgan fingerprint density at radius 1 is 1.40 bits per heavy atom. The molecule has 0 bridgehead atoms. The number of benzene rings is 1. The SMILES string of the molecule is COc1cc(N2CCN(C(=O)Cn3nc(C/C=C/C#N)cc3C)C(C)C2)ccc1Cl. The van der Waals surface area contributed by atoms with E-state index in [1.54, 1.807) is 17.9 Å². The van der Waals surface area contributed by atoms with Gasteiger partial charge in [0.2, 0.25) is 5.91 Å². The number of halogens is 1. The number of hydrogen-bond acceptors (Lipinski definition) is 5. The maximum atomic E-state index is 12.9. The van der Waals surface area contributed by atoms with Gasteiger partial charge in [-0.05, 0) is 32.0 Å². The van der Waals surface area contributed by atoms with E-state index in [1.165, 1.54) is 6.08 Å². The van der Waals surface area contributed by atoms with Crippen LogP contribution >= 0.6 is 11.6 Å². The second kappa shape index (κ2) is 9.68. The van der Waals surface area contributed by atoms with Crippen LogP contribution in [0.1, 0.15) is 18.3 Å². The minimum atomic E-state index is 0.0566. The molecular weight excluding hydrogens is 402 g/mol. The summed E-state index contributed by atoms with van der Waals surface area (Å²) in [5.74, 6) is 0.705. The summed E-state index contributed by atoms with van der Waals surface area (Å²) in [7, 11) is 1.60. The van der Waals surface area contributed by atoms with Crippen molar-refractivity contribution < 1.29 is 9.53 Å². The summed E-state index contributed by atoms with van der Waals surface area (Å²) in [6.07, 6.45) is 3.78. The number of carbonyl (C=O) groups excluding carboxylic acids is 1. The lowest BCUT2D eigenvalue weighted by Crippen LogP contribution is -2.54. The van der Waals surface area contributed by atoms with Crippen molar-refractivity contribution in [3.05, 3.63) is 52.8 Å². The van der Waals surface area contributed by atoms with Crippen molar-refractivity contribution in [1.29, 1.82) is 5.26 Å². The number of nitriles is 1. The molecule has 1 fully saturated rings. The molecule has 3 rings (SSSR count). The molecular formula is C22H26ClN5O2. The lowest BCUT2D eigenvalue weighted by molar-refractivity contribution is -0.134. The van der Waals surface area contributed by atoms with Crippen LogP contribution in [-0.2, 0) is 17.8 Å². The Bertz CT molecular complexity index is 978. The average molecular weight is 428 g/mol. The molecule has 30 heavy (non-hydrogen) atoms. The van der Waals surface area contributed by atoms with Gasteiger partial charge in [-0.2, -0.15) is 10.4 Å². The highest BCUT2D eigenvalue weighted by atomic mass is 35.5. The molecule has 1 saturated heterocycles. The molecule has 0 radical (unpaired) electrons. The van der Waals surface area contributed by atoms with Crippen LogP contribution in [0.2, 0.25) is 5.02 Å². The zero-order chi connectivity index (χ0) is 21.7. The van der Waals surface area contributed by atoms with E-state index in [2.05, 4.69) is 16.9 Å². The van der Waals surface area contributed by atoms with Gasteiger partial charge in [0.25, 0.3) is 0 Å². The van der Waals surface area contributed by atoms with E-state index >= 15 is 0 Å². The maximum Gasteiger partial charge on any atom is 0.244 e. The second-order valence-electron chi connectivity index (χ2n) is 7.37. The Labute approximate surface area is 182 Å². The third-order valence-electron chi connectivity index (χ3n) is 5.28. The normalized spacial score (nSPS) is 16.7. The predicted molar refractivity (Wildman–Crippen MR) is 117 cm³/mol. The molecule has 0 N–H and O–H groups in total. The highest BCUT2D eigenvalue weighted by Gasteiger charge is 2.28. The first-order valence-corrected chi connectivity index (χ1v) is 10.3. The molecule has 7 nitrogen and oxygen atoms in total. The fourth-order valence-corrected chi connectivity index (χ4v) is 3.89. The van der Waals surface area contributed by atoms with Crippen molar-refractivity contribution in [3.63, 3.8) is 0 Å². The van der Waals surface area contributed by atoms with Gasteiger partial charge in [-0.15, -0.1) is 0 Å². The van der Waals surface area contributed by atoms with Crippen molar-refractivity contribution in [2.75, 3.05) is 31.6 Å². The molecule has 1 amide bonds. The van der Waals surface area contributed by atoms with Gasteiger partial charge < -0.3 is 14.5 Å². The lowest BCUT2D eigenvalue weighted by Gasteiger charge is -2.41. The molecule has 2 aromatic rings. The fraction of sp³-hybridized carbons (Fsp3) is 0.409. The summed E-state index contributed by atoms with van der Waals surface area (Å²) < 4.78 is 7.06. The van der Waals surface area contributed by atoms with Crippen LogP contribution in [0, 0.1) is 18.3 Å². The number of methoxy groups -OCH3 is 1. The molecule has 1 aromatic heterocycles. The smallest absolute Gasteiger partial charge is 0.244 e. The number of carbonyl (C=O) groups is 1. The summed E-state index contributed by atoms with van der Waals surface area (Å²) in [5, 5.41) is 13.7. The van der Waals surface area contributed by atoms with E-state index in [0.717, 1.165) is 30.2 Å². The summed E-state index contributed by atoms with van der Waals surface area (Å²) >= 11 is 6.13.